The lowest BCUT2D eigenvalue weighted by Crippen LogP contribution is -2.06. The van der Waals surface area contributed by atoms with Gasteiger partial charge in [0.1, 0.15) is 23.1 Å². The second-order valence-electron chi connectivity index (χ2n) is 8.25. The van der Waals surface area contributed by atoms with E-state index in [1.165, 1.54) is 12.1 Å². The van der Waals surface area contributed by atoms with Gasteiger partial charge in [0.15, 0.2) is 0 Å². The van der Waals surface area contributed by atoms with Gasteiger partial charge in [-0.2, -0.15) is 0 Å². The van der Waals surface area contributed by atoms with Crippen molar-refractivity contribution in [3.63, 3.8) is 0 Å². The van der Waals surface area contributed by atoms with Crippen LogP contribution in [0, 0.1) is 5.82 Å². The van der Waals surface area contributed by atoms with E-state index in [2.05, 4.69) is 6.58 Å². The molecule has 0 fully saturated rings. The van der Waals surface area contributed by atoms with Crippen LogP contribution in [0.5, 0.6) is 11.5 Å². The van der Waals surface area contributed by atoms with Crippen molar-refractivity contribution in [3.8, 4) is 11.5 Å². The number of allylic oxidation sites excluding steroid dienone is 5. The van der Waals surface area contributed by atoms with Crippen molar-refractivity contribution in [2.75, 3.05) is 19.8 Å². The van der Waals surface area contributed by atoms with Crippen molar-refractivity contribution in [2.45, 2.75) is 26.2 Å². The molecule has 1 aliphatic rings. The van der Waals surface area contributed by atoms with Gasteiger partial charge in [0, 0.05) is 30.2 Å². The van der Waals surface area contributed by atoms with Crippen molar-refractivity contribution in [1.29, 1.82) is 0 Å². The van der Waals surface area contributed by atoms with Crippen molar-refractivity contribution >= 4 is 23.6 Å². The maximum Gasteiger partial charge on any atom is 0.336 e. The smallest absolute Gasteiger partial charge is 0.336 e. The summed E-state index contributed by atoms with van der Waals surface area (Å²) in [6.07, 6.45) is 12.9. The van der Waals surface area contributed by atoms with Crippen LogP contribution >= 0.6 is 0 Å². The van der Waals surface area contributed by atoms with Gasteiger partial charge in [0.2, 0.25) is 0 Å². The monoisotopic (exact) mass is 518 g/mol. The molecule has 0 saturated carbocycles. The fourth-order valence-corrected chi connectivity index (χ4v) is 3.41. The molecule has 0 saturated heterocycles. The highest BCUT2D eigenvalue weighted by Crippen LogP contribution is 2.27. The summed E-state index contributed by atoms with van der Waals surface area (Å²) in [6, 6.07) is 12.1. The van der Waals surface area contributed by atoms with Gasteiger partial charge in [0.25, 0.3) is 0 Å². The molecule has 198 valence electrons. The first kappa shape index (κ1) is 28.2. The first-order chi connectivity index (χ1) is 18.5. The lowest BCUT2D eigenvalue weighted by Gasteiger charge is -2.10. The van der Waals surface area contributed by atoms with Gasteiger partial charge < -0.3 is 18.9 Å². The minimum Gasteiger partial charge on any atom is -0.494 e. The highest BCUT2D eigenvalue weighted by atomic mass is 19.1. The quantitative estimate of drug-likeness (QED) is 0.169. The van der Waals surface area contributed by atoms with Gasteiger partial charge in [-0.1, -0.05) is 37.8 Å². The van der Waals surface area contributed by atoms with Gasteiger partial charge in [-0.25, -0.2) is 14.0 Å². The summed E-state index contributed by atoms with van der Waals surface area (Å²) in [7, 11) is 0. The van der Waals surface area contributed by atoms with Gasteiger partial charge >= 0.3 is 11.9 Å². The van der Waals surface area contributed by atoms with Crippen LogP contribution < -0.4 is 9.47 Å². The zero-order valence-electron chi connectivity index (χ0n) is 21.4. The van der Waals surface area contributed by atoms with Crippen LogP contribution in [-0.2, 0) is 19.1 Å². The Morgan fingerprint density at radius 2 is 1.74 bits per heavy atom. The zero-order chi connectivity index (χ0) is 27.2. The van der Waals surface area contributed by atoms with Crippen molar-refractivity contribution in [2.24, 2.45) is 0 Å². The van der Waals surface area contributed by atoms with Crippen LogP contribution in [0.3, 0.4) is 0 Å². The van der Waals surface area contributed by atoms with Crippen LogP contribution in [0.25, 0.3) is 11.6 Å². The van der Waals surface area contributed by atoms with Gasteiger partial charge in [-0.3, -0.25) is 0 Å². The molecule has 0 aliphatic heterocycles. The molecule has 0 spiro atoms. The highest BCUT2D eigenvalue weighted by molar-refractivity contribution is 5.88. The molecule has 1 aliphatic carbocycles. The van der Waals surface area contributed by atoms with Crippen molar-refractivity contribution in [1.82, 2.24) is 0 Å². The third kappa shape index (κ3) is 9.24. The number of ether oxygens (including phenoxy) is 4. The number of halogens is 1. The Balaban J connectivity index is 1.54. The molecule has 0 heterocycles. The summed E-state index contributed by atoms with van der Waals surface area (Å²) in [6.45, 7) is 6.50. The lowest BCUT2D eigenvalue weighted by molar-refractivity contribution is -0.138. The van der Waals surface area contributed by atoms with Crippen molar-refractivity contribution < 1.29 is 32.9 Å². The minimum atomic E-state index is -0.518. The second kappa shape index (κ2) is 15.0. The predicted molar refractivity (Wildman–Crippen MR) is 145 cm³/mol. The van der Waals surface area contributed by atoms with E-state index in [0.717, 1.165) is 29.4 Å². The van der Waals surface area contributed by atoms with Crippen LogP contribution in [0.2, 0.25) is 0 Å². The topological polar surface area (TPSA) is 71.1 Å². The molecule has 2 aromatic carbocycles. The summed E-state index contributed by atoms with van der Waals surface area (Å²) in [5, 5.41) is 0. The molecule has 0 bridgehead atoms. The predicted octanol–water partition coefficient (Wildman–Crippen LogP) is 6.60. The third-order valence-electron chi connectivity index (χ3n) is 5.31. The van der Waals surface area contributed by atoms with E-state index in [4.69, 9.17) is 18.9 Å². The maximum absolute atomic E-state index is 14.8. The molecule has 0 unspecified atom stereocenters. The Labute approximate surface area is 222 Å². The normalized spacial score (nSPS) is 12.8. The van der Waals surface area contributed by atoms with Crippen molar-refractivity contribution in [3.05, 3.63) is 108 Å². The van der Waals surface area contributed by atoms with E-state index < -0.39 is 17.8 Å². The molecule has 0 amide bonds. The van der Waals surface area contributed by atoms with E-state index in [0.29, 0.717) is 36.5 Å². The molecule has 7 heteroatoms. The summed E-state index contributed by atoms with van der Waals surface area (Å²) in [4.78, 5) is 23.3. The van der Waals surface area contributed by atoms with Crippen LogP contribution in [-0.4, -0.2) is 31.8 Å². The average Bonchev–Trinajstić information content (AvgIpc) is 3.16. The van der Waals surface area contributed by atoms with Gasteiger partial charge in [-0.05, 0) is 66.5 Å². The molecule has 0 aromatic heterocycles. The Hall–Kier alpha value is -4.39. The second-order valence-corrected chi connectivity index (χ2v) is 8.25. The van der Waals surface area contributed by atoms with E-state index in [9.17, 15) is 14.0 Å². The number of esters is 2. The summed E-state index contributed by atoms with van der Waals surface area (Å²) in [5.41, 5.74) is 2.00. The van der Waals surface area contributed by atoms with E-state index in [1.54, 1.807) is 36.4 Å². The molecule has 38 heavy (non-hydrogen) atoms. The molecular formula is C31H31FO6. The standard InChI is InChI=1S/C31H31FO6/c1-3-19-35-25-13-9-23(10-14-25)11-18-31(34)38-26-8-5-7-24(12-15-26)28-17-16-27(22-29(28)32)36-20-6-21-37-30(33)4-2/h4-5,8-18,22H,2-3,6-7,19-21H2,1H3/b18-11+. The number of rotatable bonds is 13. The highest BCUT2D eigenvalue weighted by Gasteiger charge is 2.11. The fraction of sp³-hybridized carbons (Fsp3) is 0.226. The fourth-order valence-electron chi connectivity index (χ4n) is 3.41. The lowest BCUT2D eigenvalue weighted by atomic mass is 10.0. The Morgan fingerprint density at radius 1 is 0.974 bits per heavy atom. The molecule has 6 nitrogen and oxygen atoms in total. The number of carbonyl (C=O) groups excluding carboxylic acids is 2. The first-order valence-electron chi connectivity index (χ1n) is 12.4. The minimum absolute atomic E-state index is 0.196. The first-order valence-corrected chi connectivity index (χ1v) is 12.4. The van der Waals surface area contributed by atoms with Gasteiger partial charge in [0.05, 0.1) is 19.8 Å². The van der Waals surface area contributed by atoms with E-state index in [1.807, 2.05) is 37.3 Å². The Bertz CT molecular complexity index is 1240. The third-order valence-corrected chi connectivity index (χ3v) is 5.31. The van der Waals surface area contributed by atoms with Crippen LogP contribution in [0.15, 0.2) is 91.3 Å². The number of carbonyl (C=O) groups is 2. The molecule has 0 N–H and O–H groups in total. The molecule has 0 radical (unpaired) electrons. The number of hydrogen-bond acceptors (Lipinski definition) is 6. The summed E-state index contributed by atoms with van der Waals surface area (Å²) < 4.78 is 36.2. The molecule has 0 atom stereocenters. The SMILES string of the molecule is C=CC(=O)OCCCOc1ccc(C2=CC=C(OC(=O)/C=C/c3ccc(OCCC)cc3)C=CC2)c(F)c1. The van der Waals surface area contributed by atoms with Gasteiger partial charge in [-0.15, -0.1) is 0 Å². The largest absolute Gasteiger partial charge is 0.494 e. The molecular weight excluding hydrogens is 487 g/mol. The molecule has 2 aromatic rings. The van der Waals surface area contributed by atoms with E-state index in [-0.39, 0.29) is 13.2 Å². The zero-order valence-corrected chi connectivity index (χ0v) is 21.4. The van der Waals surface area contributed by atoms with Crippen LogP contribution in [0.4, 0.5) is 4.39 Å². The van der Waals surface area contributed by atoms with Crippen LogP contribution in [0.1, 0.15) is 37.3 Å². The number of hydrogen-bond donors (Lipinski definition) is 0. The summed E-state index contributed by atoms with van der Waals surface area (Å²) >= 11 is 0. The number of benzene rings is 2. The average molecular weight is 519 g/mol. The molecule has 3 rings (SSSR count). The Kier molecular flexibility index (Phi) is 11.1. The maximum atomic E-state index is 14.8. The Morgan fingerprint density at radius 3 is 2.47 bits per heavy atom. The van der Waals surface area contributed by atoms with E-state index >= 15 is 0 Å². The summed E-state index contributed by atoms with van der Waals surface area (Å²) in [5.74, 6) is 0.0832.